The van der Waals surface area contributed by atoms with Crippen molar-refractivity contribution in [3.63, 3.8) is 0 Å². The predicted molar refractivity (Wildman–Crippen MR) is 88.6 cm³/mol. The van der Waals surface area contributed by atoms with Crippen molar-refractivity contribution in [3.8, 4) is 0 Å². The summed E-state index contributed by atoms with van der Waals surface area (Å²) in [6.45, 7) is 1.84. The molecule has 0 amide bonds. The molecule has 2 rings (SSSR count). The maximum Gasteiger partial charge on any atom is 2.00 e. The molecule has 0 atom stereocenters. The van der Waals surface area contributed by atoms with Crippen LogP contribution in [0.5, 0.6) is 0 Å². The molecule has 0 aliphatic heterocycles. The van der Waals surface area contributed by atoms with Gasteiger partial charge in [-0.2, -0.15) is 0 Å². The molecule has 1 heterocycles. The van der Waals surface area contributed by atoms with E-state index in [-0.39, 0.29) is 17.1 Å². The molecular formula is C14H13ClCuN4S+2. The predicted octanol–water partition coefficient (Wildman–Crippen LogP) is 3.31. The number of hydrogen-bond acceptors (Lipinski definition) is 2. The molecule has 1 radical (unpaired) electrons. The maximum absolute atomic E-state index is 5.90. The first-order valence-electron chi connectivity index (χ1n) is 5.90. The van der Waals surface area contributed by atoms with E-state index in [1.807, 2.05) is 37.3 Å². The summed E-state index contributed by atoms with van der Waals surface area (Å²) in [5.41, 5.74) is 6.29. The van der Waals surface area contributed by atoms with Gasteiger partial charge in [-0.05, 0) is 37.3 Å². The van der Waals surface area contributed by atoms with Gasteiger partial charge in [-0.1, -0.05) is 23.7 Å². The average molecular weight is 368 g/mol. The normalized spacial score (nSPS) is 10.5. The second-order valence-corrected chi connectivity index (χ2v) is 4.82. The fourth-order valence-electron chi connectivity index (χ4n) is 1.47. The van der Waals surface area contributed by atoms with E-state index >= 15 is 0 Å². The summed E-state index contributed by atoms with van der Waals surface area (Å²) in [7, 11) is 0. The average Bonchev–Trinajstić information content (AvgIpc) is 2.46. The van der Waals surface area contributed by atoms with Crippen LogP contribution in [0.3, 0.4) is 0 Å². The van der Waals surface area contributed by atoms with Crippen LogP contribution in [-0.4, -0.2) is 15.8 Å². The zero-order chi connectivity index (χ0) is 14.4. The van der Waals surface area contributed by atoms with Crippen molar-refractivity contribution in [1.82, 2.24) is 4.98 Å². The molecule has 4 nitrogen and oxygen atoms in total. The summed E-state index contributed by atoms with van der Waals surface area (Å²) in [4.78, 5) is 4.19. The third-order valence-corrected chi connectivity index (χ3v) is 2.85. The van der Waals surface area contributed by atoms with Gasteiger partial charge in [-0.25, -0.2) is 0 Å². The number of hydrogen-bond donors (Lipinski definition) is 1. The van der Waals surface area contributed by atoms with Gasteiger partial charge in [0.15, 0.2) is 12.2 Å². The smallest absolute Gasteiger partial charge is 0.509 e. The van der Waals surface area contributed by atoms with Crippen LogP contribution >= 0.6 is 11.6 Å². The third kappa shape index (κ3) is 5.81. The number of pyridine rings is 1. The number of rotatable bonds is 3. The topological polar surface area (TPSA) is 51.4 Å². The molecule has 0 aliphatic rings. The molecule has 0 bridgehead atoms. The first kappa shape index (κ1) is 17.6. The van der Waals surface area contributed by atoms with Crippen molar-refractivity contribution in [2.45, 2.75) is 6.92 Å². The Morgan fingerprint density at radius 2 is 2.10 bits per heavy atom. The van der Waals surface area contributed by atoms with Gasteiger partial charge in [0.25, 0.3) is 0 Å². The Bertz CT molecular complexity index is 634. The molecule has 2 aromatic rings. The van der Waals surface area contributed by atoms with Gasteiger partial charge < -0.3 is 15.8 Å². The molecule has 7 heteroatoms. The van der Waals surface area contributed by atoms with Gasteiger partial charge in [0.1, 0.15) is 0 Å². The van der Waals surface area contributed by atoms with Gasteiger partial charge in [-0.15, -0.1) is 0 Å². The molecule has 0 aliphatic carbocycles. The molecule has 0 saturated heterocycles. The molecule has 111 valence electrons. The van der Waals surface area contributed by atoms with E-state index in [0.29, 0.717) is 15.8 Å². The number of aromatic nitrogens is 1. The van der Waals surface area contributed by atoms with Crippen LogP contribution in [0.15, 0.2) is 53.8 Å². The van der Waals surface area contributed by atoms with Crippen molar-refractivity contribution in [3.05, 3.63) is 64.8 Å². The monoisotopic (exact) mass is 367 g/mol. The van der Waals surface area contributed by atoms with Crippen LogP contribution in [0.4, 0.5) is 5.69 Å². The van der Waals surface area contributed by atoms with E-state index in [1.54, 1.807) is 18.3 Å². The Kier molecular flexibility index (Phi) is 7.32. The standard InChI is InChI=1S/C14H13ClN4S.Cu/c1-10(13-7-2-3-8-16-13)18-19-14(20)17-12-6-4-5-11(15)9-12;/h2-9H,1H3,(H2,16,17,19,20);/q;+2. The number of nitrogens with zero attached hydrogens (tertiary/aromatic N) is 3. The van der Waals surface area contributed by atoms with Crippen molar-refractivity contribution in [2.75, 3.05) is 5.32 Å². The quantitative estimate of drug-likeness (QED) is 0.226. The van der Waals surface area contributed by atoms with Crippen LogP contribution in [0.1, 0.15) is 12.6 Å². The minimum absolute atomic E-state index is 0. The van der Waals surface area contributed by atoms with Crippen LogP contribution in [0, 0.1) is 0 Å². The molecule has 0 unspecified atom stereocenters. The van der Waals surface area contributed by atoms with E-state index in [2.05, 4.69) is 33.0 Å². The summed E-state index contributed by atoms with van der Waals surface area (Å²) in [6, 6.07) is 12.9. The SMILES string of the molecule is CC(=N[N-]C(=[SH+])Nc1cccc(Cl)c1)c1ccccn1.[Cu+2]. The fraction of sp³-hybridized carbons (Fsp3) is 0.0714. The number of benzene rings is 1. The molecular weight excluding hydrogens is 355 g/mol. The van der Waals surface area contributed by atoms with E-state index in [4.69, 9.17) is 11.6 Å². The molecule has 0 saturated carbocycles. The molecule has 0 fully saturated rings. The molecule has 0 spiro atoms. The largest absolute Gasteiger partial charge is 2.00 e. The van der Waals surface area contributed by atoms with Gasteiger partial charge in [-0.3, -0.25) is 4.98 Å². The summed E-state index contributed by atoms with van der Waals surface area (Å²) < 4.78 is 0. The van der Waals surface area contributed by atoms with E-state index in [1.165, 1.54) is 0 Å². The maximum atomic E-state index is 5.90. The van der Waals surface area contributed by atoms with E-state index < -0.39 is 0 Å². The Hall–Kier alpha value is -1.46. The minimum Gasteiger partial charge on any atom is -0.509 e. The number of thiol groups is 1. The molecule has 21 heavy (non-hydrogen) atoms. The second kappa shape index (κ2) is 8.74. The summed E-state index contributed by atoms with van der Waals surface area (Å²) >= 11 is 10.1. The van der Waals surface area contributed by atoms with Crippen LogP contribution in [0.25, 0.3) is 5.43 Å². The Morgan fingerprint density at radius 1 is 1.29 bits per heavy atom. The van der Waals surface area contributed by atoms with E-state index in [9.17, 15) is 0 Å². The summed E-state index contributed by atoms with van der Waals surface area (Å²) in [5.74, 6) is 0. The summed E-state index contributed by atoms with van der Waals surface area (Å²) in [6.07, 6.45) is 1.71. The molecule has 1 N–H and O–H groups in total. The van der Waals surface area contributed by atoms with Crippen molar-refractivity contribution >= 4 is 40.3 Å². The zero-order valence-electron chi connectivity index (χ0n) is 11.1. The number of halogens is 1. The Balaban J connectivity index is 0.00000220. The first-order chi connectivity index (χ1) is 9.65. The fourth-order valence-corrected chi connectivity index (χ4v) is 1.83. The van der Waals surface area contributed by atoms with Crippen molar-refractivity contribution in [2.24, 2.45) is 5.10 Å². The van der Waals surface area contributed by atoms with Crippen LogP contribution < -0.4 is 5.32 Å². The number of nitrogens with one attached hydrogen (secondary N) is 1. The van der Waals surface area contributed by atoms with Crippen LogP contribution in [-0.2, 0) is 29.3 Å². The van der Waals surface area contributed by atoms with Gasteiger partial charge in [0.05, 0.1) is 5.69 Å². The Morgan fingerprint density at radius 3 is 2.76 bits per heavy atom. The number of anilines is 1. The van der Waals surface area contributed by atoms with Gasteiger partial charge >= 0.3 is 17.1 Å². The van der Waals surface area contributed by atoms with Crippen molar-refractivity contribution < 1.29 is 17.1 Å². The van der Waals surface area contributed by atoms with Gasteiger partial charge in [0, 0.05) is 22.6 Å². The molecule has 1 aromatic heterocycles. The van der Waals surface area contributed by atoms with E-state index in [0.717, 1.165) is 11.4 Å². The Labute approximate surface area is 144 Å². The summed E-state index contributed by atoms with van der Waals surface area (Å²) in [5, 5.41) is 8.10. The zero-order valence-corrected chi connectivity index (χ0v) is 13.7. The second-order valence-electron chi connectivity index (χ2n) is 3.96. The third-order valence-electron chi connectivity index (χ3n) is 2.41. The van der Waals surface area contributed by atoms with Crippen LogP contribution in [0.2, 0.25) is 5.02 Å². The van der Waals surface area contributed by atoms with Crippen molar-refractivity contribution in [1.29, 1.82) is 0 Å². The molecule has 1 aromatic carbocycles. The van der Waals surface area contributed by atoms with Gasteiger partial charge in [0.2, 0.25) is 5.11 Å². The first-order valence-corrected chi connectivity index (χ1v) is 6.73. The minimum atomic E-state index is 0.